The Balaban J connectivity index is 1.44. The quantitative estimate of drug-likeness (QED) is 0.424. The summed E-state index contributed by atoms with van der Waals surface area (Å²) in [6.07, 6.45) is 0.994. The van der Waals surface area contributed by atoms with Crippen LogP contribution < -0.4 is 5.32 Å². The normalized spacial score (nSPS) is 11.0. The first-order chi connectivity index (χ1) is 14.1. The van der Waals surface area contributed by atoms with E-state index in [4.69, 9.17) is 11.6 Å². The summed E-state index contributed by atoms with van der Waals surface area (Å²) in [5, 5.41) is 12.7. The molecule has 29 heavy (non-hydrogen) atoms. The highest BCUT2D eigenvalue weighted by Gasteiger charge is 2.08. The van der Waals surface area contributed by atoms with Crippen molar-refractivity contribution in [2.24, 2.45) is 0 Å². The first kappa shape index (κ1) is 19.5. The molecule has 0 aliphatic rings. The smallest absolute Gasteiger partial charge is 0.234 e. The van der Waals surface area contributed by atoms with Gasteiger partial charge in [0, 0.05) is 15.6 Å². The van der Waals surface area contributed by atoms with Crippen molar-refractivity contribution in [1.29, 1.82) is 0 Å². The predicted octanol–water partition coefficient (Wildman–Crippen LogP) is 5.37. The lowest BCUT2D eigenvalue weighted by molar-refractivity contribution is -0.113. The van der Waals surface area contributed by atoms with Crippen LogP contribution in [0.1, 0.15) is 12.5 Å². The number of nitrogens with one attached hydrogen (secondary N) is 1. The molecule has 0 bridgehead atoms. The molecule has 0 spiro atoms. The topological polar surface area (TPSA) is 59.8 Å². The van der Waals surface area contributed by atoms with Gasteiger partial charge in [-0.3, -0.25) is 4.79 Å². The second-order valence-corrected chi connectivity index (χ2v) is 7.99. The number of halogens is 1. The molecule has 0 aliphatic heterocycles. The first-order valence-corrected chi connectivity index (χ1v) is 10.6. The van der Waals surface area contributed by atoms with Crippen LogP contribution in [0, 0.1) is 0 Å². The van der Waals surface area contributed by atoms with Gasteiger partial charge in [-0.05, 0) is 66.6 Å². The molecule has 0 saturated heterocycles. The fourth-order valence-corrected chi connectivity index (χ4v) is 3.67. The number of rotatable bonds is 6. The monoisotopic (exact) mass is 422 g/mol. The van der Waals surface area contributed by atoms with Gasteiger partial charge in [0.25, 0.3) is 0 Å². The summed E-state index contributed by atoms with van der Waals surface area (Å²) in [4.78, 5) is 14.9. The summed E-state index contributed by atoms with van der Waals surface area (Å²) >= 11 is 7.34. The molecule has 0 unspecified atom stereocenters. The summed E-state index contributed by atoms with van der Waals surface area (Å²) in [6.45, 7) is 2.12. The second kappa shape index (κ2) is 8.68. The number of carbonyl (C=O) groups is 1. The van der Waals surface area contributed by atoms with Crippen LogP contribution >= 0.6 is 23.4 Å². The van der Waals surface area contributed by atoms with E-state index in [1.165, 1.54) is 17.3 Å². The lowest BCUT2D eigenvalue weighted by Crippen LogP contribution is -2.13. The van der Waals surface area contributed by atoms with Crippen molar-refractivity contribution < 1.29 is 4.79 Å². The number of aryl methyl sites for hydroxylation is 1. The maximum absolute atomic E-state index is 12.3. The SMILES string of the molecule is CCc1ccc(-n2nc3ccc(NC(=O)CSc4ccc(Cl)cc4)cc3n2)cc1. The molecule has 1 aromatic heterocycles. The minimum Gasteiger partial charge on any atom is -0.325 e. The number of amides is 1. The van der Waals surface area contributed by atoms with Gasteiger partial charge in [-0.25, -0.2) is 0 Å². The van der Waals surface area contributed by atoms with Crippen molar-refractivity contribution >= 4 is 46.0 Å². The molecular formula is C22H19ClN4OS. The van der Waals surface area contributed by atoms with Gasteiger partial charge in [-0.1, -0.05) is 30.7 Å². The number of aromatic nitrogens is 3. The van der Waals surface area contributed by atoms with Gasteiger partial charge in [0.2, 0.25) is 5.91 Å². The third kappa shape index (κ3) is 4.78. The zero-order valence-corrected chi connectivity index (χ0v) is 17.4. The van der Waals surface area contributed by atoms with Crippen LogP contribution in [-0.2, 0) is 11.2 Å². The number of hydrogen-bond donors (Lipinski definition) is 1. The van der Waals surface area contributed by atoms with Crippen LogP contribution in [-0.4, -0.2) is 26.7 Å². The van der Waals surface area contributed by atoms with Crippen LogP contribution in [0.15, 0.2) is 71.6 Å². The molecule has 0 fully saturated rings. The Hall–Kier alpha value is -2.83. The number of hydrogen-bond acceptors (Lipinski definition) is 4. The second-order valence-electron chi connectivity index (χ2n) is 6.50. The Morgan fingerprint density at radius 2 is 1.72 bits per heavy atom. The Labute approximate surface area is 178 Å². The van der Waals surface area contributed by atoms with E-state index in [1.807, 2.05) is 54.6 Å². The molecule has 1 heterocycles. The zero-order valence-electron chi connectivity index (χ0n) is 15.8. The Morgan fingerprint density at radius 1 is 1.00 bits per heavy atom. The Kier molecular flexibility index (Phi) is 5.83. The van der Waals surface area contributed by atoms with Crippen LogP contribution in [0.4, 0.5) is 5.69 Å². The summed E-state index contributed by atoms with van der Waals surface area (Å²) in [6, 6.07) is 21.1. The van der Waals surface area contributed by atoms with Crippen LogP contribution in [0.2, 0.25) is 5.02 Å². The number of carbonyl (C=O) groups excluding carboxylic acids is 1. The lowest BCUT2D eigenvalue weighted by atomic mass is 10.2. The molecule has 1 amide bonds. The Morgan fingerprint density at radius 3 is 2.45 bits per heavy atom. The minimum absolute atomic E-state index is 0.0770. The molecule has 7 heteroatoms. The zero-order chi connectivity index (χ0) is 20.2. The highest BCUT2D eigenvalue weighted by Crippen LogP contribution is 2.22. The highest BCUT2D eigenvalue weighted by molar-refractivity contribution is 8.00. The Bertz CT molecular complexity index is 1140. The molecule has 0 aliphatic carbocycles. The molecule has 4 rings (SSSR count). The minimum atomic E-state index is -0.0770. The predicted molar refractivity (Wildman–Crippen MR) is 119 cm³/mol. The molecule has 146 valence electrons. The fraction of sp³-hybridized carbons (Fsp3) is 0.136. The number of benzene rings is 3. The third-order valence-electron chi connectivity index (χ3n) is 4.42. The third-order valence-corrected chi connectivity index (χ3v) is 5.69. The van der Waals surface area contributed by atoms with Crippen molar-refractivity contribution in [3.05, 3.63) is 77.3 Å². The van der Waals surface area contributed by atoms with Crippen molar-refractivity contribution in [2.75, 3.05) is 11.1 Å². The van der Waals surface area contributed by atoms with Crippen molar-refractivity contribution in [3.8, 4) is 5.69 Å². The molecule has 0 saturated carbocycles. The highest BCUT2D eigenvalue weighted by atomic mass is 35.5. The van der Waals surface area contributed by atoms with E-state index in [9.17, 15) is 4.79 Å². The fourth-order valence-electron chi connectivity index (χ4n) is 2.85. The molecule has 0 atom stereocenters. The largest absolute Gasteiger partial charge is 0.325 e. The first-order valence-electron chi connectivity index (χ1n) is 9.25. The average molecular weight is 423 g/mol. The van der Waals surface area contributed by atoms with Gasteiger partial charge in [-0.15, -0.1) is 22.0 Å². The van der Waals surface area contributed by atoms with Crippen LogP contribution in [0.3, 0.4) is 0 Å². The molecule has 0 radical (unpaired) electrons. The maximum atomic E-state index is 12.3. The van der Waals surface area contributed by atoms with Gasteiger partial charge in [-0.2, -0.15) is 4.80 Å². The van der Waals surface area contributed by atoms with Gasteiger partial charge in [0.1, 0.15) is 11.0 Å². The number of anilines is 1. The molecule has 5 nitrogen and oxygen atoms in total. The van der Waals surface area contributed by atoms with Gasteiger partial charge in [0.15, 0.2) is 0 Å². The number of nitrogens with zero attached hydrogens (tertiary/aromatic N) is 3. The van der Waals surface area contributed by atoms with Crippen LogP contribution in [0.25, 0.3) is 16.7 Å². The van der Waals surface area contributed by atoms with E-state index in [-0.39, 0.29) is 5.91 Å². The standard InChI is InChI=1S/C22H19ClN4OS/c1-2-15-3-8-18(9-4-15)27-25-20-12-7-17(13-21(20)26-27)24-22(28)14-29-19-10-5-16(23)6-11-19/h3-13H,2,14H2,1H3,(H,24,28). The summed E-state index contributed by atoms with van der Waals surface area (Å²) in [7, 11) is 0. The van der Waals surface area contributed by atoms with Gasteiger partial charge < -0.3 is 5.32 Å². The number of fused-ring (bicyclic) bond motifs is 1. The van der Waals surface area contributed by atoms with Crippen molar-refractivity contribution in [1.82, 2.24) is 15.0 Å². The molecular weight excluding hydrogens is 404 g/mol. The van der Waals surface area contributed by atoms with Gasteiger partial charge >= 0.3 is 0 Å². The van der Waals surface area contributed by atoms with E-state index in [1.54, 1.807) is 4.80 Å². The van der Waals surface area contributed by atoms with E-state index in [0.717, 1.165) is 28.0 Å². The van der Waals surface area contributed by atoms with E-state index in [0.29, 0.717) is 16.5 Å². The summed E-state index contributed by atoms with van der Waals surface area (Å²) in [5.74, 6) is 0.239. The summed E-state index contributed by atoms with van der Waals surface area (Å²) in [5.41, 5.74) is 4.38. The van der Waals surface area contributed by atoms with E-state index in [2.05, 4.69) is 34.6 Å². The van der Waals surface area contributed by atoms with E-state index >= 15 is 0 Å². The average Bonchev–Trinajstić information content (AvgIpc) is 3.17. The molecule has 4 aromatic rings. The van der Waals surface area contributed by atoms with E-state index < -0.39 is 0 Å². The number of thioether (sulfide) groups is 1. The lowest BCUT2D eigenvalue weighted by Gasteiger charge is -2.05. The summed E-state index contributed by atoms with van der Waals surface area (Å²) < 4.78 is 0. The van der Waals surface area contributed by atoms with Crippen molar-refractivity contribution in [3.63, 3.8) is 0 Å². The molecule has 3 aromatic carbocycles. The maximum Gasteiger partial charge on any atom is 0.234 e. The molecule has 1 N–H and O–H groups in total. The van der Waals surface area contributed by atoms with Crippen LogP contribution in [0.5, 0.6) is 0 Å². The van der Waals surface area contributed by atoms with Gasteiger partial charge in [0.05, 0.1) is 11.4 Å². The van der Waals surface area contributed by atoms with Crippen molar-refractivity contribution in [2.45, 2.75) is 18.2 Å².